The fraction of sp³-hybridized carbons (Fsp3) is 1.00. The van der Waals surface area contributed by atoms with Gasteiger partial charge in [-0.3, -0.25) is 0 Å². The van der Waals surface area contributed by atoms with Gasteiger partial charge in [-0.2, -0.15) is 0 Å². The molecule has 17 heavy (non-hydrogen) atoms. The molecule has 0 aromatic carbocycles. The maximum atomic E-state index is 11.1. The van der Waals surface area contributed by atoms with Gasteiger partial charge in [-0.25, -0.2) is 0 Å². The Hall–Kier alpha value is 0.310. The van der Waals surface area contributed by atoms with Gasteiger partial charge >= 0.3 is 108 Å². The van der Waals surface area contributed by atoms with Gasteiger partial charge in [0.1, 0.15) is 0 Å². The summed E-state index contributed by atoms with van der Waals surface area (Å²) in [6.45, 7) is 19.4. The van der Waals surface area contributed by atoms with Gasteiger partial charge in [0.15, 0.2) is 0 Å². The van der Waals surface area contributed by atoms with E-state index in [0.29, 0.717) is 24.2 Å². The molecular formula is C13H33N2OP. The fourth-order valence-corrected chi connectivity index (χ4v) is 7.46. The van der Waals surface area contributed by atoms with Crippen LogP contribution in [0, 0.1) is 0 Å². The Morgan fingerprint density at radius 1 is 0.647 bits per heavy atom. The fourth-order valence-electron chi connectivity index (χ4n) is 3.28. The van der Waals surface area contributed by atoms with Crippen molar-refractivity contribution < 1.29 is 4.89 Å². The van der Waals surface area contributed by atoms with Crippen molar-refractivity contribution in [3.05, 3.63) is 0 Å². The Morgan fingerprint density at radius 2 is 0.824 bits per heavy atom. The molecule has 0 unspecified atom stereocenters. The van der Waals surface area contributed by atoms with Crippen molar-refractivity contribution in [3.8, 4) is 0 Å². The molecule has 106 valence electrons. The molecule has 0 aliphatic carbocycles. The molecule has 0 heterocycles. The number of rotatable bonds is 6. The van der Waals surface area contributed by atoms with Crippen molar-refractivity contribution >= 4 is 7.79 Å². The topological polar surface area (TPSA) is 26.7 Å². The average Bonchev–Trinajstić information content (AvgIpc) is 1.96. The molecule has 0 aromatic heterocycles. The number of nitrogens with zero attached hydrogens (tertiary/aromatic N) is 2. The van der Waals surface area contributed by atoms with E-state index >= 15 is 0 Å². The second-order valence-electron chi connectivity index (χ2n) is 6.16. The minimum absolute atomic E-state index is 0.372. The van der Waals surface area contributed by atoms with Crippen LogP contribution in [0.2, 0.25) is 0 Å². The first kappa shape index (κ1) is 17.3. The van der Waals surface area contributed by atoms with E-state index < -0.39 is 7.79 Å². The first-order valence-electron chi connectivity index (χ1n) is 6.82. The third kappa shape index (κ3) is 4.17. The molecule has 0 radical (unpaired) electrons. The molecule has 0 rings (SSSR count). The van der Waals surface area contributed by atoms with E-state index in [0.717, 1.165) is 0 Å². The summed E-state index contributed by atoms with van der Waals surface area (Å²) in [5.74, 6) is 0. The second-order valence-corrected chi connectivity index (χ2v) is 9.13. The van der Waals surface area contributed by atoms with Crippen LogP contribution in [-0.4, -0.2) is 45.1 Å². The third-order valence-electron chi connectivity index (χ3n) is 3.20. The average molecular weight is 264 g/mol. The molecule has 0 bridgehead atoms. The zero-order valence-corrected chi connectivity index (χ0v) is 14.2. The molecule has 3 nitrogen and oxygen atoms in total. The molecule has 0 spiro atoms. The maximum absolute atomic E-state index is 11.1. The predicted molar refractivity (Wildman–Crippen MR) is 80.7 cm³/mol. The van der Waals surface area contributed by atoms with Crippen LogP contribution in [0.4, 0.5) is 0 Å². The van der Waals surface area contributed by atoms with Gasteiger partial charge in [0, 0.05) is 0 Å². The summed E-state index contributed by atoms with van der Waals surface area (Å²) in [5, 5.41) is 0. The molecule has 0 aliphatic heterocycles. The van der Waals surface area contributed by atoms with Gasteiger partial charge in [-0.05, 0) is 0 Å². The van der Waals surface area contributed by atoms with Crippen LogP contribution in [0.1, 0.15) is 55.4 Å². The number of hydrogen-bond donors (Lipinski definition) is 1. The van der Waals surface area contributed by atoms with E-state index in [1.165, 1.54) is 0 Å². The summed E-state index contributed by atoms with van der Waals surface area (Å²) in [5.41, 5.74) is 0. The second kappa shape index (κ2) is 6.47. The van der Waals surface area contributed by atoms with Gasteiger partial charge < -0.3 is 0 Å². The van der Waals surface area contributed by atoms with E-state index in [2.05, 4.69) is 64.7 Å². The molecular weight excluding hydrogens is 231 g/mol. The summed E-state index contributed by atoms with van der Waals surface area (Å²) in [7, 11) is -2.55. The summed E-state index contributed by atoms with van der Waals surface area (Å²) in [4.78, 5) is 11.1. The Bertz CT molecular complexity index is 189. The van der Waals surface area contributed by atoms with Crippen LogP contribution in [0.25, 0.3) is 0 Å². The van der Waals surface area contributed by atoms with Crippen molar-refractivity contribution in [2.75, 3.05) is 6.66 Å². The predicted octanol–water partition coefficient (Wildman–Crippen LogP) is 3.34. The Morgan fingerprint density at radius 3 is 0.941 bits per heavy atom. The van der Waals surface area contributed by atoms with Gasteiger partial charge in [0.25, 0.3) is 0 Å². The minimum atomic E-state index is -2.55. The molecule has 0 aliphatic rings. The molecule has 0 saturated heterocycles. The van der Waals surface area contributed by atoms with Gasteiger partial charge in [0.05, 0.1) is 0 Å². The van der Waals surface area contributed by atoms with Gasteiger partial charge in [-0.15, -0.1) is 0 Å². The molecule has 0 atom stereocenters. The van der Waals surface area contributed by atoms with Crippen molar-refractivity contribution in [2.45, 2.75) is 79.6 Å². The first-order chi connectivity index (χ1) is 7.53. The van der Waals surface area contributed by atoms with E-state index in [9.17, 15) is 4.89 Å². The summed E-state index contributed by atoms with van der Waals surface area (Å²) >= 11 is 0. The molecule has 1 N–H and O–H groups in total. The zero-order valence-electron chi connectivity index (χ0n) is 13.2. The third-order valence-corrected chi connectivity index (χ3v) is 7.23. The SMILES string of the molecule is CC(C)N(C(C)C)[PH](C)(O)N(C(C)C)C(C)C. The summed E-state index contributed by atoms with van der Waals surface area (Å²) in [6.07, 6.45) is 0. The Balaban J connectivity index is 5.30. The van der Waals surface area contributed by atoms with Crippen LogP contribution < -0.4 is 0 Å². The van der Waals surface area contributed by atoms with E-state index in [-0.39, 0.29) is 0 Å². The monoisotopic (exact) mass is 264 g/mol. The quantitative estimate of drug-likeness (QED) is 0.745. The van der Waals surface area contributed by atoms with E-state index in [4.69, 9.17) is 0 Å². The molecule has 0 aromatic rings. The van der Waals surface area contributed by atoms with E-state index in [1.54, 1.807) is 0 Å². The summed E-state index contributed by atoms with van der Waals surface area (Å²) in [6, 6.07) is 1.49. The molecule has 4 heteroatoms. The van der Waals surface area contributed by atoms with E-state index in [1.807, 2.05) is 6.66 Å². The number of hydrogen-bond acceptors (Lipinski definition) is 3. The normalized spacial score (nSPS) is 15.1. The summed E-state index contributed by atoms with van der Waals surface area (Å²) < 4.78 is 4.60. The van der Waals surface area contributed by atoms with Crippen molar-refractivity contribution in [1.82, 2.24) is 9.34 Å². The Labute approximate surface area is 109 Å². The van der Waals surface area contributed by atoms with Gasteiger partial charge in [-0.1, -0.05) is 0 Å². The van der Waals surface area contributed by atoms with Crippen molar-refractivity contribution in [1.29, 1.82) is 0 Å². The van der Waals surface area contributed by atoms with Crippen LogP contribution in [0.15, 0.2) is 0 Å². The molecule has 0 amide bonds. The molecule has 0 saturated carbocycles. The van der Waals surface area contributed by atoms with Gasteiger partial charge in [0.2, 0.25) is 0 Å². The van der Waals surface area contributed by atoms with Crippen molar-refractivity contribution in [3.63, 3.8) is 0 Å². The van der Waals surface area contributed by atoms with Crippen LogP contribution in [0.5, 0.6) is 0 Å². The van der Waals surface area contributed by atoms with Crippen molar-refractivity contribution in [2.24, 2.45) is 0 Å². The zero-order chi connectivity index (χ0) is 14.0. The Kier molecular flexibility index (Phi) is 6.59. The van der Waals surface area contributed by atoms with Crippen LogP contribution >= 0.6 is 7.79 Å². The van der Waals surface area contributed by atoms with Crippen LogP contribution in [0.3, 0.4) is 0 Å². The molecule has 0 fully saturated rings. The van der Waals surface area contributed by atoms with Crippen LogP contribution in [-0.2, 0) is 0 Å². The first-order valence-corrected chi connectivity index (χ1v) is 9.16. The standard InChI is InChI=1S/C13H33N2OP/c1-10(2)14(11(3)4)17(9,16)15(12(5)6)13(7)8/h10-13,16-17H,1-9H3.